The first kappa shape index (κ1) is 17.8. The van der Waals surface area contributed by atoms with Crippen molar-refractivity contribution in [1.29, 1.82) is 0 Å². The van der Waals surface area contributed by atoms with Crippen LogP contribution in [-0.4, -0.2) is 7.54 Å². The monoisotopic (exact) mass is 330 g/mol. The molecule has 0 spiro atoms. The summed E-state index contributed by atoms with van der Waals surface area (Å²) >= 11 is 0. The molecule has 24 heavy (non-hydrogen) atoms. The summed E-state index contributed by atoms with van der Waals surface area (Å²) in [5.41, 5.74) is 0.330. The van der Waals surface area contributed by atoms with Crippen LogP contribution < -0.4 is 0 Å². The fourth-order valence-corrected chi connectivity index (χ4v) is 2.50. The molecule has 122 valence electrons. The lowest BCUT2D eigenvalue weighted by molar-refractivity contribution is 0.281. The fourth-order valence-electron chi connectivity index (χ4n) is 2.50. The van der Waals surface area contributed by atoms with Crippen LogP contribution in [0.3, 0.4) is 0 Å². The van der Waals surface area contributed by atoms with Gasteiger partial charge in [-0.3, -0.25) is 12.9 Å². The molecule has 0 bridgehead atoms. The summed E-state index contributed by atoms with van der Waals surface area (Å²) in [5, 5.41) is 0. The van der Waals surface area contributed by atoms with Gasteiger partial charge in [0.25, 0.3) is 0 Å². The van der Waals surface area contributed by atoms with Crippen molar-refractivity contribution in [3.05, 3.63) is 108 Å². The van der Waals surface area contributed by atoms with Gasteiger partial charge >= 0.3 is 7.54 Å². The molecule has 0 aliphatic rings. The third kappa shape index (κ3) is 4.25. The van der Waals surface area contributed by atoms with Gasteiger partial charge in [-0.1, -0.05) is 91.0 Å². The van der Waals surface area contributed by atoms with Crippen LogP contribution in [0.25, 0.3) is 0 Å². The van der Waals surface area contributed by atoms with E-state index in [1.807, 2.05) is 91.0 Å². The highest BCUT2D eigenvalue weighted by molar-refractivity contribution is 6.33. The van der Waals surface area contributed by atoms with Crippen molar-refractivity contribution >= 4 is 7.54 Å². The average molecular weight is 330 g/mol. The van der Waals surface area contributed by atoms with Crippen molar-refractivity contribution in [1.82, 2.24) is 0 Å². The molecule has 0 amide bonds. The zero-order chi connectivity index (χ0) is 17.4. The van der Waals surface area contributed by atoms with Crippen LogP contribution >= 0.6 is 0 Å². The maximum absolute atomic E-state index is 16.0. The van der Waals surface area contributed by atoms with Gasteiger partial charge in [-0.05, 0) is 16.7 Å². The molecule has 3 aromatic rings. The lowest BCUT2D eigenvalue weighted by atomic mass is 9.82. The predicted octanol–water partition coefficient (Wildman–Crippen LogP) is 5.83. The fraction of sp³-hybridized carbons (Fsp3) is 0.0526. The van der Waals surface area contributed by atoms with E-state index in [4.69, 9.17) is 0 Å². The molecule has 0 aromatic heterocycles. The van der Waals surface area contributed by atoms with Gasteiger partial charge in [0.15, 0.2) is 5.67 Å². The van der Waals surface area contributed by atoms with Crippen LogP contribution in [0.2, 0.25) is 0 Å². The summed E-state index contributed by atoms with van der Waals surface area (Å²) in [5.74, 6) is 0. The van der Waals surface area contributed by atoms with Crippen LogP contribution in [0.15, 0.2) is 91.0 Å². The van der Waals surface area contributed by atoms with E-state index in [2.05, 4.69) is 0 Å². The molecule has 3 aromatic carbocycles. The van der Waals surface area contributed by atoms with Gasteiger partial charge in [-0.2, -0.15) is 0 Å². The summed E-state index contributed by atoms with van der Waals surface area (Å²) in [6.45, 7) is 0. The largest absolute Gasteiger partial charge is 0.762 e. The molecular formula is C19H15BF4. The van der Waals surface area contributed by atoms with Crippen LogP contribution in [0.4, 0.5) is 17.3 Å². The van der Waals surface area contributed by atoms with Crippen LogP contribution in [-0.2, 0) is 5.67 Å². The first-order valence-corrected chi connectivity index (χ1v) is 7.33. The van der Waals surface area contributed by atoms with E-state index in [1.165, 1.54) is 0 Å². The van der Waals surface area contributed by atoms with Crippen molar-refractivity contribution in [3.8, 4) is 0 Å². The van der Waals surface area contributed by atoms with Gasteiger partial charge in [0, 0.05) is 0 Å². The molecule has 3 rings (SSSR count). The summed E-state index contributed by atoms with van der Waals surface area (Å²) in [6, 6.07) is 27.9. The van der Waals surface area contributed by atoms with Crippen LogP contribution in [0, 0.1) is 0 Å². The van der Waals surface area contributed by atoms with Gasteiger partial charge in [-0.15, -0.1) is 0 Å². The first-order valence-electron chi connectivity index (χ1n) is 7.33. The minimum absolute atomic E-state index is 0.650. The SMILES string of the molecule is FB(F)F.FC(c1ccccc1)(c1ccccc1)c1ccccc1. The van der Waals surface area contributed by atoms with Gasteiger partial charge in [0.1, 0.15) is 0 Å². The molecule has 0 N–H and O–H groups in total. The molecule has 0 atom stereocenters. The number of halogens is 4. The average Bonchev–Trinajstić information content (AvgIpc) is 2.63. The normalized spacial score (nSPS) is 10.5. The topological polar surface area (TPSA) is 0 Å². The Hall–Kier alpha value is -2.56. The molecule has 0 radical (unpaired) electrons. The summed E-state index contributed by atoms with van der Waals surface area (Å²) in [7, 11) is -3.67. The molecule has 0 aliphatic carbocycles. The number of alkyl halides is 1. The van der Waals surface area contributed by atoms with Gasteiger partial charge in [-0.25, -0.2) is 4.39 Å². The van der Waals surface area contributed by atoms with E-state index in [9.17, 15) is 12.9 Å². The Bertz CT molecular complexity index is 619. The summed E-state index contributed by atoms with van der Waals surface area (Å²) in [4.78, 5) is 0. The number of benzene rings is 3. The highest BCUT2D eigenvalue weighted by atomic mass is 19.4. The van der Waals surface area contributed by atoms with E-state index < -0.39 is 13.2 Å². The highest BCUT2D eigenvalue weighted by Gasteiger charge is 2.35. The lowest BCUT2D eigenvalue weighted by Gasteiger charge is -2.27. The zero-order valence-corrected chi connectivity index (χ0v) is 12.7. The Morgan fingerprint density at radius 2 is 0.708 bits per heavy atom. The van der Waals surface area contributed by atoms with E-state index >= 15 is 4.39 Å². The zero-order valence-electron chi connectivity index (χ0n) is 12.7. The molecule has 0 heterocycles. The number of hydrogen-bond acceptors (Lipinski definition) is 0. The smallest absolute Gasteiger partial charge is 0.254 e. The number of rotatable bonds is 3. The van der Waals surface area contributed by atoms with E-state index in [-0.39, 0.29) is 0 Å². The highest BCUT2D eigenvalue weighted by Crippen LogP contribution is 2.40. The standard InChI is InChI=1S/C19H15F.BF3/c20-19(16-10-4-1-5-11-16,17-12-6-2-7-13-17)18-14-8-3-9-15-18;2-1(3)4/h1-15H;. The third-order valence-electron chi connectivity index (χ3n) is 3.51. The van der Waals surface area contributed by atoms with Crippen LogP contribution in [0.5, 0.6) is 0 Å². The lowest BCUT2D eigenvalue weighted by Crippen LogP contribution is -2.23. The van der Waals surface area contributed by atoms with Crippen LogP contribution in [0.1, 0.15) is 16.7 Å². The molecular weight excluding hydrogens is 315 g/mol. The summed E-state index contributed by atoms with van der Waals surface area (Å²) < 4.78 is 45.0. The predicted molar refractivity (Wildman–Crippen MR) is 89.4 cm³/mol. The molecule has 0 aliphatic heterocycles. The van der Waals surface area contributed by atoms with Crippen molar-refractivity contribution < 1.29 is 17.3 Å². The molecule has 0 nitrogen and oxygen atoms in total. The Kier molecular flexibility index (Phi) is 6.18. The second-order valence-corrected chi connectivity index (χ2v) is 5.00. The van der Waals surface area contributed by atoms with E-state index in [0.29, 0.717) is 16.7 Å². The molecule has 0 unspecified atom stereocenters. The van der Waals surface area contributed by atoms with Gasteiger partial charge in [0.2, 0.25) is 0 Å². The third-order valence-corrected chi connectivity index (χ3v) is 3.51. The Morgan fingerprint density at radius 3 is 0.917 bits per heavy atom. The van der Waals surface area contributed by atoms with Gasteiger partial charge < -0.3 is 0 Å². The Balaban J connectivity index is 0.000000471. The maximum Gasteiger partial charge on any atom is 0.762 e. The first-order chi connectivity index (χ1) is 11.5. The minimum atomic E-state index is -3.67. The second-order valence-electron chi connectivity index (χ2n) is 5.00. The quantitative estimate of drug-likeness (QED) is 0.322. The molecule has 0 fully saturated rings. The molecule has 0 saturated heterocycles. The molecule has 5 heteroatoms. The molecule has 0 saturated carbocycles. The second kappa shape index (κ2) is 8.34. The van der Waals surface area contributed by atoms with Crippen molar-refractivity contribution in [2.45, 2.75) is 5.67 Å². The van der Waals surface area contributed by atoms with Crippen molar-refractivity contribution in [3.63, 3.8) is 0 Å². The van der Waals surface area contributed by atoms with E-state index in [1.54, 1.807) is 0 Å². The van der Waals surface area contributed by atoms with Gasteiger partial charge in [0.05, 0.1) is 0 Å². The van der Waals surface area contributed by atoms with Crippen molar-refractivity contribution in [2.75, 3.05) is 0 Å². The summed E-state index contributed by atoms with van der Waals surface area (Å²) in [6.07, 6.45) is 0. The van der Waals surface area contributed by atoms with E-state index in [0.717, 1.165) is 0 Å². The van der Waals surface area contributed by atoms with Crippen molar-refractivity contribution in [2.24, 2.45) is 0 Å². The minimum Gasteiger partial charge on any atom is -0.254 e. The number of hydrogen-bond donors (Lipinski definition) is 0. The maximum atomic E-state index is 16.0. The Labute approximate surface area is 139 Å². The Morgan fingerprint density at radius 1 is 0.500 bits per heavy atom.